The van der Waals surface area contributed by atoms with Gasteiger partial charge in [0.15, 0.2) is 5.13 Å². The molecule has 1 aromatic carbocycles. The topological polar surface area (TPSA) is 65.7 Å². The Bertz CT molecular complexity index is 833. The van der Waals surface area contributed by atoms with E-state index in [1.165, 1.54) is 0 Å². The van der Waals surface area contributed by atoms with E-state index in [1.807, 2.05) is 23.1 Å². The Morgan fingerprint density at radius 3 is 2.79 bits per heavy atom. The molecule has 1 amide bonds. The Balaban J connectivity index is 1.16. The lowest BCUT2D eigenvalue weighted by molar-refractivity contribution is -0.131. The Morgan fingerprint density at radius 1 is 1.21 bits per heavy atom. The molecule has 0 spiro atoms. The molecular weight excluding hydrogens is 426 g/mol. The number of amides is 1. The van der Waals surface area contributed by atoms with Gasteiger partial charge in [-0.3, -0.25) is 9.69 Å². The van der Waals surface area contributed by atoms with E-state index in [-0.39, 0.29) is 11.9 Å². The maximum absolute atomic E-state index is 12.3. The van der Waals surface area contributed by atoms with Gasteiger partial charge in [-0.1, -0.05) is 29.4 Å². The van der Waals surface area contributed by atoms with Crippen molar-refractivity contribution in [3.8, 4) is 0 Å². The van der Waals surface area contributed by atoms with Crippen molar-refractivity contribution in [2.24, 2.45) is 5.73 Å². The molecule has 2 N–H and O–H groups in total. The molecule has 0 radical (unpaired) electrons. The number of fused-ring (bicyclic) bond motifs is 1. The third-order valence-corrected chi connectivity index (χ3v) is 7.88. The number of carbonyl (C=O) groups excluding carboxylic acids is 1. The zero-order chi connectivity index (χ0) is 20.2. The molecule has 2 aliphatic rings. The van der Waals surface area contributed by atoms with Gasteiger partial charge >= 0.3 is 0 Å². The van der Waals surface area contributed by atoms with E-state index < -0.39 is 0 Å². The van der Waals surface area contributed by atoms with Gasteiger partial charge in [-0.2, -0.15) is 0 Å². The number of benzene rings is 1. The van der Waals surface area contributed by atoms with Gasteiger partial charge in [-0.05, 0) is 37.6 Å². The van der Waals surface area contributed by atoms with E-state index in [2.05, 4.69) is 9.80 Å². The number of unbranched alkanes of at least 4 members (excludes halogenated alkanes) is 1. The van der Waals surface area contributed by atoms with Crippen molar-refractivity contribution in [1.82, 2.24) is 14.8 Å². The lowest BCUT2D eigenvalue weighted by atomic mass is 10.1. The number of thiazole rings is 1. The van der Waals surface area contributed by atoms with Gasteiger partial charge in [-0.15, -0.1) is 11.8 Å². The van der Waals surface area contributed by atoms with Crippen LogP contribution in [0.2, 0.25) is 5.02 Å². The second-order valence-corrected chi connectivity index (χ2v) is 10.2. The lowest BCUT2D eigenvalue weighted by Crippen LogP contribution is -2.46. The normalized spacial score (nSPS) is 19.2. The lowest BCUT2D eigenvalue weighted by Gasteiger charge is -2.34. The number of carbonyl (C=O) groups is 1. The van der Waals surface area contributed by atoms with E-state index in [1.54, 1.807) is 23.1 Å². The van der Waals surface area contributed by atoms with E-state index in [0.29, 0.717) is 0 Å². The summed E-state index contributed by atoms with van der Waals surface area (Å²) in [6, 6.07) is 5.55. The van der Waals surface area contributed by atoms with Crippen molar-refractivity contribution < 1.29 is 4.79 Å². The average Bonchev–Trinajstić information content (AvgIpc) is 3.40. The molecule has 0 aliphatic carbocycles. The third-order valence-electron chi connectivity index (χ3n) is 5.60. The van der Waals surface area contributed by atoms with Gasteiger partial charge in [0.2, 0.25) is 5.91 Å². The molecule has 0 bridgehead atoms. The molecule has 6 nitrogen and oxygen atoms in total. The van der Waals surface area contributed by atoms with Gasteiger partial charge in [-0.25, -0.2) is 4.98 Å². The van der Waals surface area contributed by atoms with E-state index in [0.717, 1.165) is 90.5 Å². The molecule has 2 aromatic rings. The number of nitrogens with two attached hydrogens (primary N) is 1. The number of halogens is 1. The molecule has 1 unspecified atom stereocenters. The molecule has 0 saturated carbocycles. The first kappa shape index (κ1) is 21.2. The maximum atomic E-state index is 12.3. The predicted molar refractivity (Wildman–Crippen MR) is 124 cm³/mol. The highest BCUT2D eigenvalue weighted by Crippen LogP contribution is 2.31. The van der Waals surface area contributed by atoms with Gasteiger partial charge in [0.25, 0.3) is 0 Å². The van der Waals surface area contributed by atoms with Crippen LogP contribution in [0.15, 0.2) is 18.2 Å². The monoisotopic (exact) mass is 453 g/mol. The van der Waals surface area contributed by atoms with E-state index in [9.17, 15) is 4.79 Å². The number of piperazine rings is 1. The van der Waals surface area contributed by atoms with Crippen molar-refractivity contribution >= 4 is 56.0 Å². The number of hydrogen-bond donors (Lipinski definition) is 1. The van der Waals surface area contributed by atoms with Crippen molar-refractivity contribution in [1.29, 1.82) is 0 Å². The summed E-state index contributed by atoms with van der Waals surface area (Å²) < 4.78 is 1.15. The predicted octanol–water partition coefficient (Wildman–Crippen LogP) is 3.10. The molecule has 29 heavy (non-hydrogen) atoms. The van der Waals surface area contributed by atoms with Crippen molar-refractivity contribution in [3.05, 3.63) is 23.2 Å². The largest absolute Gasteiger partial charge is 0.345 e. The van der Waals surface area contributed by atoms with Crippen LogP contribution in [0.25, 0.3) is 10.2 Å². The molecule has 2 aliphatic heterocycles. The highest BCUT2D eigenvalue weighted by atomic mass is 35.5. The fourth-order valence-electron chi connectivity index (χ4n) is 3.83. The highest BCUT2D eigenvalue weighted by molar-refractivity contribution is 7.99. The van der Waals surface area contributed by atoms with Crippen LogP contribution in [0.1, 0.15) is 19.3 Å². The highest BCUT2D eigenvalue weighted by Gasteiger charge is 2.24. The number of hydrogen-bond acceptors (Lipinski definition) is 7. The summed E-state index contributed by atoms with van der Waals surface area (Å²) in [5.41, 5.74) is 7.13. The minimum atomic E-state index is -0.335. The van der Waals surface area contributed by atoms with Crippen molar-refractivity contribution in [2.45, 2.75) is 25.3 Å². The Morgan fingerprint density at radius 2 is 2.03 bits per heavy atom. The van der Waals surface area contributed by atoms with Crippen LogP contribution in [-0.4, -0.2) is 77.6 Å². The van der Waals surface area contributed by atoms with Gasteiger partial charge in [0, 0.05) is 43.5 Å². The Labute approximate surface area is 185 Å². The Hall–Kier alpha value is -1.06. The van der Waals surface area contributed by atoms with Gasteiger partial charge in [0.05, 0.1) is 22.1 Å². The first-order valence-corrected chi connectivity index (χ1v) is 12.6. The summed E-state index contributed by atoms with van der Waals surface area (Å²) in [5, 5.41) is 1.85. The average molecular weight is 454 g/mol. The summed E-state index contributed by atoms with van der Waals surface area (Å²) in [4.78, 5) is 23.8. The van der Waals surface area contributed by atoms with Crippen LogP contribution in [0.4, 0.5) is 5.13 Å². The number of nitrogens with zero attached hydrogens (tertiary/aromatic N) is 4. The van der Waals surface area contributed by atoms with Crippen LogP contribution < -0.4 is 10.6 Å². The fourth-order valence-corrected chi connectivity index (χ4v) is 6.08. The molecule has 158 valence electrons. The fraction of sp³-hybridized carbons (Fsp3) is 0.600. The summed E-state index contributed by atoms with van der Waals surface area (Å²) in [5.74, 6) is 1.97. The summed E-state index contributed by atoms with van der Waals surface area (Å²) in [6.45, 7) is 6.02. The van der Waals surface area contributed by atoms with E-state index in [4.69, 9.17) is 22.3 Å². The first-order valence-electron chi connectivity index (χ1n) is 10.3. The smallest absolute Gasteiger partial charge is 0.240 e. The Kier molecular flexibility index (Phi) is 7.18. The quantitative estimate of drug-likeness (QED) is 0.650. The molecule has 1 aromatic heterocycles. The summed E-state index contributed by atoms with van der Waals surface area (Å²) in [7, 11) is 0. The third kappa shape index (κ3) is 5.35. The number of thioether (sulfide) groups is 1. The van der Waals surface area contributed by atoms with Crippen LogP contribution in [0.5, 0.6) is 0 Å². The molecule has 3 heterocycles. The standard InChI is InChI=1S/C20H28ClN5OS2/c21-15-4-5-17-18(13-15)29-20(23-17)25-9-7-24(8-10-25)6-2-1-3-16(22)19(27)26-11-12-28-14-26/h4-5,13,16H,1-3,6-12,14,22H2. The number of aromatic nitrogens is 1. The minimum Gasteiger partial charge on any atom is -0.345 e. The first-order chi connectivity index (χ1) is 14.1. The van der Waals surface area contributed by atoms with Gasteiger partial charge in [0.1, 0.15) is 0 Å². The zero-order valence-corrected chi connectivity index (χ0v) is 18.9. The number of anilines is 1. The SMILES string of the molecule is NC(CCCCN1CCN(c2nc3ccc(Cl)cc3s2)CC1)C(=O)N1CCSC1. The van der Waals surface area contributed by atoms with Crippen LogP contribution in [0, 0.1) is 0 Å². The second-order valence-electron chi connectivity index (χ2n) is 7.68. The van der Waals surface area contributed by atoms with Crippen LogP contribution in [0.3, 0.4) is 0 Å². The van der Waals surface area contributed by atoms with Gasteiger partial charge < -0.3 is 15.5 Å². The zero-order valence-electron chi connectivity index (χ0n) is 16.6. The minimum absolute atomic E-state index is 0.126. The molecule has 1 atom stereocenters. The van der Waals surface area contributed by atoms with E-state index >= 15 is 0 Å². The molecule has 4 rings (SSSR count). The maximum Gasteiger partial charge on any atom is 0.240 e. The molecule has 9 heteroatoms. The molecule has 2 saturated heterocycles. The van der Waals surface area contributed by atoms with Crippen molar-refractivity contribution in [2.75, 3.05) is 55.8 Å². The molecule has 2 fully saturated rings. The second kappa shape index (κ2) is 9.83. The summed E-state index contributed by atoms with van der Waals surface area (Å²) >= 11 is 9.61. The van der Waals surface area contributed by atoms with Crippen LogP contribution in [-0.2, 0) is 4.79 Å². The molecular formula is C20H28ClN5OS2. The summed E-state index contributed by atoms with van der Waals surface area (Å²) in [6.07, 6.45) is 2.89. The van der Waals surface area contributed by atoms with Crippen LogP contribution >= 0.6 is 34.7 Å². The number of rotatable bonds is 7. The van der Waals surface area contributed by atoms with Crippen molar-refractivity contribution in [3.63, 3.8) is 0 Å².